The quantitative estimate of drug-likeness (QED) is 0.508. The minimum absolute atomic E-state index is 0.0949. The van der Waals surface area contributed by atoms with E-state index < -0.39 is 12.2 Å². The second-order valence-corrected chi connectivity index (χ2v) is 1.77. The molecule has 0 saturated carbocycles. The van der Waals surface area contributed by atoms with E-state index in [1.54, 1.807) is 0 Å². The molecule has 3 heteroatoms. The van der Waals surface area contributed by atoms with Gasteiger partial charge in [0, 0.05) is 0 Å². The third-order valence-corrected chi connectivity index (χ3v) is 1.03. The number of alkyl halides is 1. The SMILES string of the molecule is C[C@H](O)[C@@H](O)CCl. The number of halogens is 1. The summed E-state index contributed by atoms with van der Waals surface area (Å²) in [5, 5.41) is 17.0. The largest absolute Gasteiger partial charge is 0.391 e. The van der Waals surface area contributed by atoms with Crippen LogP contribution < -0.4 is 0 Å². The van der Waals surface area contributed by atoms with Crippen LogP contribution in [0, 0.1) is 0 Å². The Morgan fingerprint density at radius 1 is 1.57 bits per heavy atom. The van der Waals surface area contributed by atoms with Crippen molar-refractivity contribution in [3.63, 3.8) is 0 Å². The average Bonchev–Trinajstić information content (AvgIpc) is 1.65. The van der Waals surface area contributed by atoms with E-state index in [2.05, 4.69) is 0 Å². The van der Waals surface area contributed by atoms with E-state index in [0.29, 0.717) is 0 Å². The molecular weight excluding hydrogens is 115 g/mol. The van der Waals surface area contributed by atoms with Gasteiger partial charge in [0.2, 0.25) is 0 Å². The molecule has 2 atom stereocenters. The predicted molar refractivity (Wildman–Crippen MR) is 28.4 cm³/mol. The highest BCUT2D eigenvalue weighted by molar-refractivity contribution is 6.18. The standard InChI is InChI=1S/C4H9ClO2/c1-3(6)4(7)2-5/h3-4,6-7H,2H2,1H3/t3-,4-/m0/s1. The van der Waals surface area contributed by atoms with Gasteiger partial charge in [0.1, 0.15) is 0 Å². The Balaban J connectivity index is 3.14. The van der Waals surface area contributed by atoms with Gasteiger partial charge in [-0.15, -0.1) is 11.6 Å². The van der Waals surface area contributed by atoms with Crippen LogP contribution in [0.1, 0.15) is 6.92 Å². The van der Waals surface area contributed by atoms with Crippen LogP contribution in [0.25, 0.3) is 0 Å². The summed E-state index contributed by atoms with van der Waals surface area (Å²) in [5.41, 5.74) is 0. The molecule has 0 aromatic rings. The van der Waals surface area contributed by atoms with Crippen LogP contribution in [0.5, 0.6) is 0 Å². The third kappa shape index (κ3) is 2.85. The van der Waals surface area contributed by atoms with Crippen LogP contribution >= 0.6 is 11.6 Å². The Morgan fingerprint density at radius 2 is 2.00 bits per heavy atom. The summed E-state index contributed by atoms with van der Waals surface area (Å²) in [6, 6.07) is 0. The number of rotatable bonds is 2. The molecule has 0 rings (SSSR count). The van der Waals surface area contributed by atoms with Crippen LogP contribution in [0.2, 0.25) is 0 Å². The zero-order valence-electron chi connectivity index (χ0n) is 4.13. The first-order valence-corrected chi connectivity index (χ1v) is 2.64. The fraction of sp³-hybridized carbons (Fsp3) is 1.00. The fourth-order valence-electron chi connectivity index (χ4n) is 0.129. The Morgan fingerprint density at radius 3 is 2.00 bits per heavy atom. The summed E-state index contributed by atoms with van der Waals surface area (Å²) < 4.78 is 0. The molecule has 0 aromatic heterocycles. The summed E-state index contributed by atoms with van der Waals surface area (Å²) in [6.45, 7) is 1.49. The van der Waals surface area contributed by atoms with E-state index in [0.717, 1.165) is 0 Å². The highest BCUT2D eigenvalue weighted by atomic mass is 35.5. The van der Waals surface area contributed by atoms with Crippen molar-refractivity contribution >= 4 is 11.6 Å². The molecule has 2 N–H and O–H groups in total. The van der Waals surface area contributed by atoms with Crippen molar-refractivity contribution in [2.45, 2.75) is 19.1 Å². The van der Waals surface area contributed by atoms with Gasteiger partial charge < -0.3 is 10.2 Å². The molecule has 0 fully saturated rings. The van der Waals surface area contributed by atoms with Crippen molar-refractivity contribution in [3.8, 4) is 0 Å². The molecule has 0 spiro atoms. The van der Waals surface area contributed by atoms with Gasteiger partial charge in [-0.2, -0.15) is 0 Å². The normalized spacial score (nSPS) is 18.9. The molecule has 0 saturated heterocycles. The smallest absolute Gasteiger partial charge is 0.0931 e. The van der Waals surface area contributed by atoms with E-state index in [4.69, 9.17) is 21.8 Å². The van der Waals surface area contributed by atoms with Gasteiger partial charge in [0.25, 0.3) is 0 Å². The first kappa shape index (κ1) is 7.21. The molecule has 2 nitrogen and oxygen atoms in total. The molecule has 0 aromatic carbocycles. The van der Waals surface area contributed by atoms with E-state index in [-0.39, 0.29) is 5.88 Å². The first-order chi connectivity index (χ1) is 3.18. The minimum atomic E-state index is -0.776. The van der Waals surface area contributed by atoms with E-state index in [1.807, 2.05) is 0 Å². The minimum Gasteiger partial charge on any atom is -0.391 e. The average molecular weight is 125 g/mol. The second kappa shape index (κ2) is 3.24. The summed E-state index contributed by atoms with van der Waals surface area (Å²) in [4.78, 5) is 0. The highest BCUT2D eigenvalue weighted by Gasteiger charge is 2.06. The maximum absolute atomic E-state index is 8.55. The zero-order valence-corrected chi connectivity index (χ0v) is 4.89. The second-order valence-electron chi connectivity index (χ2n) is 1.46. The zero-order chi connectivity index (χ0) is 5.86. The molecule has 44 valence electrons. The van der Waals surface area contributed by atoms with Crippen molar-refractivity contribution in [3.05, 3.63) is 0 Å². The lowest BCUT2D eigenvalue weighted by Gasteiger charge is -2.07. The Bertz CT molecular complexity index is 47.0. The van der Waals surface area contributed by atoms with Crippen LogP contribution in [0.15, 0.2) is 0 Å². The van der Waals surface area contributed by atoms with Crippen LogP contribution in [0.4, 0.5) is 0 Å². The molecule has 0 aliphatic heterocycles. The number of aliphatic hydroxyl groups is 2. The Labute approximate surface area is 47.7 Å². The van der Waals surface area contributed by atoms with Crippen molar-refractivity contribution < 1.29 is 10.2 Å². The highest BCUT2D eigenvalue weighted by Crippen LogP contribution is 1.92. The molecule has 0 unspecified atom stereocenters. The van der Waals surface area contributed by atoms with E-state index in [9.17, 15) is 0 Å². The van der Waals surface area contributed by atoms with E-state index in [1.165, 1.54) is 6.92 Å². The molecule has 0 aliphatic rings. The van der Waals surface area contributed by atoms with Crippen molar-refractivity contribution in [2.24, 2.45) is 0 Å². The maximum atomic E-state index is 8.55. The van der Waals surface area contributed by atoms with Crippen LogP contribution in [0.3, 0.4) is 0 Å². The van der Waals surface area contributed by atoms with Gasteiger partial charge in [-0.05, 0) is 6.92 Å². The number of aliphatic hydroxyl groups excluding tert-OH is 2. The molecule has 0 aliphatic carbocycles. The van der Waals surface area contributed by atoms with Gasteiger partial charge in [-0.25, -0.2) is 0 Å². The van der Waals surface area contributed by atoms with Crippen molar-refractivity contribution in [1.82, 2.24) is 0 Å². The van der Waals surface area contributed by atoms with Gasteiger partial charge in [0.05, 0.1) is 18.1 Å². The van der Waals surface area contributed by atoms with Gasteiger partial charge in [0.15, 0.2) is 0 Å². The Hall–Kier alpha value is 0.210. The Kier molecular flexibility index (Phi) is 3.34. The summed E-state index contributed by atoms with van der Waals surface area (Å²) >= 11 is 5.14. The molecule has 0 amide bonds. The monoisotopic (exact) mass is 124 g/mol. The molecule has 0 radical (unpaired) electrons. The summed E-state index contributed by atoms with van der Waals surface area (Å²) in [6.07, 6.45) is -1.49. The third-order valence-electron chi connectivity index (χ3n) is 0.715. The van der Waals surface area contributed by atoms with Crippen LogP contribution in [-0.4, -0.2) is 28.3 Å². The predicted octanol–water partition coefficient (Wildman–Crippen LogP) is -0.0331. The van der Waals surface area contributed by atoms with Gasteiger partial charge in [-0.1, -0.05) is 0 Å². The fourth-order valence-corrected chi connectivity index (χ4v) is 0.387. The lowest BCUT2D eigenvalue weighted by molar-refractivity contribution is 0.0460. The number of hydrogen-bond acceptors (Lipinski definition) is 2. The molecular formula is C4H9ClO2. The van der Waals surface area contributed by atoms with Gasteiger partial charge in [-0.3, -0.25) is 0 Å². The summed E-state index contributed by atoms with van der Waals surface area (Å²) in [7, 11) is 0. The maximum Gasteiger partial charge on any atom is 0.0931 e. The van der Waals surface area contributed by atoms with Crippen molar-refractivity contribution in [2.75, 3.05) is 5.88 Å². The first-order valence-electron chi connectivity index (χ1n) is 2.10. The van der Waals surface area contributed by atoms with Gasteiger partial charge >= 0.3 is 0 Å². The topological polar surface area (TPSA) is 40.5 Å². The molecule has 0 heterocycles. The van der Waals surface area contributed by atoms with E-state index >= 15 is 0 Å². The summed E-state index contributed by atoms with van der Waals surface area (Å²) in [5.74, 6) is 0.0949. The lowest BCUT2D eigenvalue weighted by Crippen LogP contribution is -2.23. The molecule has 0 bridgehead atoms. The molecule has 7 heavy (non-hydrogen) atoms. The number of hydrogen-bond donors (Lipinski definition) is 2. The van der Waals surface area contributed by atoms with Crippen LogP contribution in [-0.2, 0) is 0 Å². The lowest BCUT2D eigenvalue weighted by atomic mass is 10.3. The van der Waals surface area contributed by atoms with Crippen molar-refractivity contribution in [1.29, 1.82) is 0 Å².